The number of halogens is 3. The number of nitro groups is 1. The highest BCUT2D eigenvalue weighted by atomic mass is 19.2. The molecular formula is C10H4F3N7O2. The summed E-state index contributed by atoms with van der Waals surface area (Å²) in [7, 11) is 0. The predicted molar refractivity (Wildman–Crippen MR) is 64.4 cm³/mol. The van der Waals surface area contributed by atoms with E-state index < -0.39 is 33.7 Å². The molecule has 2 N–H and O–H groups in total. The van der Waals surface area contributed by atoms with Gasteiger partial charge in [-0.1, -0.05) is 0 Å². The lowest BCUT2D eigenvalue weighted by atomic mass is 10.2. The number of aromatic nitrogens is 4. The Hall–Kier alpha value is -3.49. The fourth-order valence-corrected chi connectivity index (χ4v) is 1.43. The zero-order valence-electron chi connectivity index (χ0n) is 10.3. The highest BCUT2D eigenvalue weighted by Gasteiger charge is 2.25. The molecule has 0 bridgehead atoms. The lowest BCUT2D eigenvalue weighted by molar-refractivity contribution is -0.384. The van der Waals surface area contributed by atoms with Gasteiger partial charge in [-0.05, 0) is 5.21 Å². The standard InChI is InChI=1S/C10H4F3N7O2/c11-5-1-6(20(21)22)9(8(13)7(5)12)15-3-4(2-14)10-16-18-19-17-10/h1,3,15H,(H,16,17,18,19). The third kappa shape index (κ3) is 2.68. The fraction of sp³-hybridized carbons (Fsp3) is 0. The monoisotopic (exact) mass is 311 g/mol. The molecule has 0 radical (unpaired) electrons. The summed E-state index contributed by atoms with van der Waals surface area (Å²) in [4.78, 5) is 9.66. The van der Waals surface area contributed by atoms with E-state index in [4.69, 9.17) is 5.26 Å². The van der Waals surface area contributed by atoms with E-state index in [-0.39, 0.29) is 17.5 Å². The average molecular weight is 311 g/mol. The molecule has 2 aromatic rings. The van der Waals surface area contributed by atoms with Gasteiger partial charge in [0.15, 0.2) is 23.1 Å². The lowest BCUT2D eigenvalue weighted by Crippen LogP contribution is -2.04. The van der Waals surface area contributed by atoms with E-state index in [9.17, 15) is 23.3 Å². The van der Waals surface area contributed by atoms with Crippen LogP contribution < -0.4 is 5.32 Å². The molecule has 0 aliphatic carbocycles. The van der Waals surface area contributed by atoms with Crippen molar-refractivity contribution in [3.05, 3.63) is 45.7 Å². The maximum Gasteiger partial charge on any atom is 0.298 e. The van der Waals surface area contributed by atoms with Crippen LogP contribution >= 0.6 is 0 Å². The minimum absolute atomic E-state index is 0.180. The van der Waals surface area contributed by atoms with Crippen molar-refractivity contribution in [2.24, 2.45) is 0 Å². The van der Waals surface area contributed by atoms with Gasteiger partial charge in [-0.3, -0.25) is 10.1 Å². The number of rotatable bonds is 4. The van der Waals surface area contributed by atoms with Crippen LogP contribution in [0.2, 0.25) is 0 Å². The Kier molecular flexibility index (Phi) is 3.98. The highest BCUT2D eigenvalue weighted by Crippen LogP contribution is 2.31. The van der Waals surface area contributed by atoms with Gasteiger partial charge in [0.05, 0.1) is 11.0 Å². The number of nitrogens with one attached hydrogen (secondary N) is 2. The summed E-state index contributed by atoms with van der Waals surface area (Å²) in [6, 6.07) is 1.84. The molecule has 0 saturated carbocycles. The van der Waals surface area contributed by atoms with Crippen LogP contribution in [0.5, 0.6) is 0 Å². The topological polar surface area (TPSA) is 133 Å². The third-order valence-corrected chi connectivity index (χ3v) is 2.41. The molecule has 0 fully saturated rings. The van der Waals surface area contributed by atoms with Gasteiger partial charge in [-0.25, -0.2) is 13.2 Å². The number of allylic oxidation sites excluding steroid dienone is 1. The second kappa shape index (κ2) is 5.87. The quantitative estimate of drug-likeness (QED) is 0.378. The van der Waals surface area contributed by atoms with Crippen LogP contribution in [0.25, 0.3) is 5.57 Å². The van der Waals surface area contributed by atoms with Crippen molar-refractivity contribution in [1.82, 2.24) is 20.6 Å². The molecular weight excluding hydrogens is 307 g/mol. The van der Waals surface area contributed by atoms with Crippen LogP contribution in [0.15, 0.2) is 12.3 Å². The molecule has 1 heterocycles. The Bertz CT molecular complexity index is 798. The Labute approximate surface area is 119 Å². The Morgan fingerprint density at radius 2 is 2.18 bits per heavy atom. The number of aromatic amines is 1. The minimum atomic E-state index is -1.89. The van der Waals surface area contributed by atoms with E-state index in [1.165, 1.54) is 0 Å². The third-order valence-electron chi connectivity index (χ3n) is 2.41. The number of nitro benzene ring substituents is 1. The van der Waals surface area contributed by atoms with E-state index >= 15 is 0 Å². The molecule has 0 aliphatic rings. The molecule has 0 unspecified atom stereocenters. The van der Waals surface area contributed by atoms with Gasteiger partial charge in [0.1, 0.15) is 11.6 Å². The first kappa shape index (κ1) is 14.9. The van der Waals surface area contributed by atoms with E-state index in [1.54, 1.807) is 6.07 Å². The van der Waals surface area contributed by atoms with Crippen LogP contribution in [0, 0.1) is 38.9 Å². The molecule has 0 amide bonds. The number of nitriles is 1. The number of hydrogen-bond acceptors (Lipinski definition) is 7. The minimum Gasteiger partial charge on any atom is -0.352 e. The van der Waals surface area contributed by atoms with Crippen molar-refractivity contribution in [3.63, 3.8) is 0 Å². The first-order valence-corrected chi connectivity index (χ1v) is 5.38. The normalized spacial score (nSPS) is 11.1. The molecule has 1 aromatic carbocycles. The van der Waals surface area contributed by atoms with Gasteiger partial charge in [-0.15, -0.1) is 10.2 Å². The van der Waals surface area contributed by atoms with E-state index in [0.717, 1.165) is 6.20 Å². The van der Waals surface area contributed by atoms with Crippen molar-refractivity contribution in [2.75, 3.05) is 5.32 Å². The number of H-pyrrole nitrogens is 1. The molecule has 0 saturated heterocycles. The van der Waals surface area contributed by atoms with Crippen molar-refractivity contribution in [2.45, 2.75) is 0 Å². The molecule has 9 nitrogen and oxygen atoms in total. The van der Waals surface area contributed by atoms with E-state index in [0.29, 0.717) is 0 Å². The second-order valence-corrected chi connectivity index (χ2v) is 3.69. The summed E-state index contributed by atoms with van der Waals surface area (Å²) in [6.45, 7) is 0. The molecule has 1 aromatic heterocycles. The summed E-state index contributed by atoms with van der Waals surface area (Å²) in [5.74, 6) is -5.58. The van der Waals surface area contributed by atoms with Crippen LogP contribution in [0.4, 0.5) is 24.5 Å². The van der Waals surface area contributed by atoms with E-state index in [1.807, 2.05) is 5.32 Å². The molecule has 0 aliphatic heterocycles. The Morgan fingerprint density at radius 1 is 1.45 bits per heavy atom. The van der Waals surface area contributed by atoms with Gasteiger partial charge in [0.2, 0.25) is 5.82 Å². The Balaban J connectivity index is 2.47. The zero-order chi connectivity index (χ0) is 16.3. The van der Waals surface area contributed by atoms with Crippen LogP contribution in [0.3, 0.4) is 0 Å². The highest BCUT2D eigenvalue weighted by molar-refractivity contribution is 5.75. The second-order valence-electron chi connectivity index (χ2n) is 3.69. The average Bonchev–Trinajstić information content (AvgIpc) is 3.01. The first-order chi connectivity index (χ1) is 10.5. The van der Waals surface area contributed by atoms with Crippen molar-refractivity contribution in [3.8, 4) is 6.07 Å². The summed E-state index contributed by atoms with van der Waals surface area (Å²) >= 11 is 0. The smallest absolute Gasteiger partial charge is 0.298 e. The van der Waals surface area contributed by atoms with Gasteiger partial charge in [0, 0.05) is 6.20 Å². The van der Waals surface area contributed by atoms with Gasteiger partial charge in [-0.2, -0.15) is 10.5 Å². The van der Waals surface area contributed by atoms with Crippen molar-refractivity contribution >= 4 is 16.9 Å². The Morgan fingerprint density at radius 3 is 2.73 bits per heavy atom. The number of anilines is 1. The van der Waals surface area contributed by atoms with Gasteiger partial charge in [0.25, 0.3) is 5.69 Å². The fourth-order valence-electron chi connectivity index (χ4n) is 1.43. The lowest BCUT2D eigenvalue weighted by Gasteiger charge is -2.06. The van der Waals surface area contributed by atoms with Crippen LogP contribution in [-0.2, 0) is 0 Å². The number of hydrogen-bond donors (Lipinski definition) is 2. The summed E-state index contributed by atoms with van der Waals surface area (Å²) in [6.07, 6.45) is 0.799. The number of nitrogens with zero attached hydrogens (tertiary/aromatic N) is 5. The largest absolute Gasteiger partial charge is 0.352 e. The van der Waals surface area contributed by atoms with Gasteiger partial charge < -0.3 is 5.32 Å². The molecule has 0 atom stereocenters. The summed E-state index contributed by atoms with van der Waals surface area (Å²) in [5.41, 5.74) is -2.26. The molecule has 22 heavy (non-hydrogen) atoms. The molecule has 2 rings (SSSR count). The van der Waals surface area contributed by atoms with E-state index in [2.05, 4.69) is 20.6 Å². The summed E-state index contributed by atoms with van der Waals surface area (Å²) < 4.78 is 39.8. The summed E-state index contributed by atoms with van der Waals surface area (Å²) in [5, 5.41) is 33.9. The first-order valence-electron chi connectivity index (χ1n) is 5.38. The molecule has 0 spiro atoms. The maximum absolute atomic E-state index is 13.6. The maximum atomic E-state index is 13.6. The molecule has 112 valence electrons. The SMILES string of the molecule is N#CC(=CNc1c([N+](=O)[O-])cc(F)c(F)c1F)c1nn[nH]n1. The van der Waals surface area contributed by atoms with Crippen molar-refractivity contribution in [1.29, 1.82) is 5.26 Å². The number of benzene rings is 1. The molecule has 12 heteroatoms. The zero-order valence-corrected chi connectivity index (χ0v) is 10.3. The van der Waals surface area contributed by atoms with Crippen molar-refractivity contribution < 1.29 is 18.1 Å². The van der Waals surface area contributed by atoms with Crippen LogP contribution in [-0.4, -0.2) is 25.5 Å². The predicted octanol–water partition coefficient (Wildman–Crippen LogP) is 1.50. The van der Waals surface area contributed by atoms with Crippen LogP contribution in [0.1, 0.15) is 5.82 Å². The number of tetrazole rings is 1. The van der Waals surface area contributed by atoms with Gasteiger partial charge >= 0.3 is 0 Å².